The summed E-state index contributed by atoms with van der Waals surface area (Å²) in [5.74, 6) is 1.41. The van der Waals surface area contributed by atoms with Crippen molar-refractivity contribution in [1.29, 1.82) is 0 Å². The van der Waals surface area contributed by atoms with Crippen LogP contribution in [0.5, 0.6) is 0 Å². The number of aromatic nitrogens is 4. The lowest BCUT2D eigenvalue weighted by Gasteiger charge is -2.43. The Morgan fingerprint density at radius 1 is 0.255 bits per heavy atom. The number of hydrogen-bond acceptors (Lipinski definition) is 7. The zero-order valence-electron chi connectivity index (χ0n) is 55.5. The molecule has 0 bridgehead atoms. The highest BCUT2D eigenvalue weighted by Crippen LogP contribution is 2.56. The predicted molar refractivity (Wildman–Crippen MR) is 414 cm³/mol. The van der Waals surface area contributed by atoms with Gasteiger partial charge in [-0.05, 0) is 118 Å². The van der Waals surface area contributed by atoms with Crippen LogP contribution in [0.4, 0.5) is 45.5 Å². The Hall–Kier alpha value is -10.8. The van der Waals surface area contributed by atoms with Crippen molar-refractivity contribution in [2.24, 2.45) is 0 Å². The highest BCUT2D eigenvalue weighted by atomic mass is 79.9. The zero-order chi connectivity index (χ0) is 67.1. The third kappa shape index (κ3) is 12.1. The van der Waals surface area contributed by atoms with Gasteiger partial charge in [0.2, 0.25) is 0 Å². The van der Waals surface area contributed by atoms with Gasteiger partial charge in [-0.1, -0.05) is 304 Å². The van der Waals surface area contributed by atoms with E-state index in [0.29, 0.717) is 5.82 Å². The number of rotatable bonds is 8. The Bertz CT molecular complexity index is 4860. The minimum atomic E-state index is -0.178. The Balaban J connectivity index is 0.000000152. The molecule has 0 atom stereocenters. The van der Waals surface area contributed by atoms with Crippen LogP contribution in [0.15, 0.2) is 324 Å². The van der Waals surface area contributed by atoms with Gasteiger partial charge in [0, 0.05) is 81.3 Å². The topological polar surface area (TPSA) is 70.1 Å². The number of benzene rings is 12. The Morgan fingerprint density at radius 3 is 0.867 bits per heavy atom. The maximum absolute atomic E-state index is 5.35. The molecule has 2 aromatic heterocycles. The summed E-state index contributed by atoms with van der Waals surface area (Å²) >= 11 is 7.13. The van der Waals surface area contributed by atoms with E-state index in [9.17, 15) is 0 Å². The number of hydrogen-bond donors (Lipinski definition) is 1. The number of halogens is 2. The van der Waals surface area contributed by atoms with Gasteiger partial charge in [0.25, 0.3) is 0 Å². The average molecular weight is 1400 g/mol. The zero-order valence-corrected chi connectivity index (χ0v) is 58.6. The van der Waals surface area contributed by atoms with E-state index < -0.39 is 0 Å². The molecule has 5 heterocycles. The first-order chi connectivity index (χ1) is 47.7. The Labute approximate surface area is 591 Å². The molecule has 1 N–H and O–H groups in total. The van der Waals surface area contributed by atoms with E-state index in [0.717, 1.165) is 82.3 Å². The molecule has 98 heavy (non-hydrogen) atoms. The average Bonchev–Trinajstić information content (AvgIpc) is 0.766. The summed E-state index contributed by atoms with van der Waals surface area (Å²) in [6.45, 7) is 13.9. The van der Waals surface area contributed by atoms with E-state index in [1.807, 2.05) is 84.9 Å². The fourth-order valence-electron chi connectivity index (χ4n) is 14.3. The van der Waals surface area contributed by atoms with Crippen LogP contribution in [-0.4, -0.2) is 19.9 Å². The van der Waals surface area contributed by atoms with Crippen molar-refractivity contribution in [3.8, 4) is 67.8 Å². The molecule has 0 aliphatic carbocycles. The molecule has 14 aromatic rings. The van der Waals surface area contributed by atoms with Crippen LogP contribution in [0.3, 0.4) is 0 Å². The molecule has 0 unspecified atom stereocenters. The quantitative estimate of drug-likeness (QED) is 0.163. The van der Waals surface area contributed by atoms with Crippen molar-refractivity contribution in [3.05, 3.63) is 358 Å². The molecule has 0 amide bonds. The summed E-state index contributed by atoms with van der Waals surface area (Å²) in [6.07, 6.45) is 0. The predicted octanol–water partition coefficient (Wildman–Crippen LogP) is 24.8. The third-order valence-electron chi connectivity index (χ3n) is 19.3. The molecule has 0 fully saturated rings. The van der Waals surface area contributed by atoms with Crippen molar-refractivity contribution in [2.45, 2.75) is 57.8 Å². The standard InChI is InChI=1S/C52H42N4.C22H14Br2N2.C15H15N/c1-51(2)40-23-11-15-27-46(40)55(47-28-16-12-24-41(47)51)38-31-37(45-34-44(35-19-7-5-8-20-35)53-50(54-45)36-21-9-6-10-22-36)32-39(33-38)56-48-29-17-13-25-42(48)52(3,4)43-26-14-18-30-49(43)56;23-18-11-17(12-19(24)13-18)21-14-20(15-7-3-1-4-8-15)25-22(26-21)16-9-5-2-6-10-16;1-15(2)11-7-3-5-9-13(11)16-14-10-6-4-8-12(14)15/h5-34H,1-4H3;1-14H;3-10,16H,1-2H3. The van der Waals surface area contributed by atoms with Crippen molar-refractivity contribution < 1.29 is 0 Å². The fraction of sp³-hybridized carbons (Fsp3) is 0.101. The number of nitrogens with one attached hydrogen (secondary N) is 1. The smallest absolute Gasteiger partial charge is 0.160 e. The van der Waals surface area contributed by atoms with Crippen molar-refractivity contribution >= 4 is 77.4 Å². The summed E-state index contributed by atoms with van der Waals surface area (Å²) < 4.78 is 2.01. The summed E-state index contributed by atoms with van der Waals surface area (Å²) in [6, 6.07) is 111. The molecule has 7 nitrogen and oxygen atoms in total. The van der Waals surface area contributed by atoms with Crippen LogP contribution in [-0.2, 0) is 16.2 Å². The SMILES string of the molecule is Brc1cc(Br)cc(-c2cc(-c3ccccc3)nc(-c3ccccc3)n2)c1.CC1(C)c2ccccc2N(c2cc(-c3cc(-c4ccccc4)nc(-c4ccccc4)n3)cc(N3c4ccccc4C(C)(C)c4ccccc43)c2)c2ccccc21.CC1(C)c2ccccc2Nc2ccccc21. The number of nitrogens with zero attached hydrogens (tertiary/aromatic N) is 6. The van der Waals surface area contributed by atoms with Gasteiger partial charge < -0.3 is 15.1 Å². The summed E-state index contributed by atoms with van der Waals surface area (Å²) in [5, 5.41) is 3.50. The van der Waals surface area contributed by atoms with Gasteiger partial charge in [0.1, 0.15) is 0 Å². The molecule has 0 spiro atoms. The molecule has 17 rings (SSSR count). The van der Waals surface area contributed by atoms with Crippen LogP contribution in [0.1, 0.15) is 74.9 Å². The van der Waals surface area contributed by atoms with Gasteiger partial charge in [0.05, 0.1) is 45.5 Å². The lowest BCUT2D eigenvalue weighted by atomic mass is 9.73. The highest BCUT2D eigenvalue weighted by Gasteiger charge is 2.40. The highest BCUT2D eigenvalue weighted by molar-refractivity contribution is 9.11. The largest absolute Gasteiger partial charge is 0.355 e. The van der Waals surface area contributed by atoms with Gasteiger partial charge in [-0.2, -0.15) is 0 Å². The van der Waals surface area contributed by atoms with E-state index >= 15 is 0 Å². The first-order valence-electron chi connectivity index (χ1n) is 33.2. The first kappa shape index (κ1) is 63.2. The van der Waals surface area contributed by atoms with E-state index in [1.165, 1.54) is 67.5 Å². The second kappa shape index (κ2) is 26.3. The normalized spacial score (nSPS) is 13.8. The number of fused-ring (bicyclic) bond motifs is 6. The van der Waals surface area contributed by atoms with E-state index in [2.05, 4.69) is 319 Å². The third-order valence-corrected chi connectivity index (χ3v) is 20.2. The van der Waals surface area contributed by atoms with Gasteiger partial charge >= 0.3 is 0 Å². The Kier molecular flexibility index (Phi) is 17.0. The summed E-state index contributed by atoms with van der Waals surface area (Å²) in [7, 11) is 0. The molecule has 0 radical (unpaired) electrons. The molecule has 476 valence electrons. The molecule has 0 saturated heterocycles. The second-order valence-corrected chi connectivity index (χ2v) is 28.4. The van der Waals surface area contributed by atoms with Gasteiger partial charge in [-0.3, -0.25) is 0 Å². The summed E-state index contributed by atoms with van der Waals surface area (Å²) in [5.41, 5.74) is 26.6. The van der Waals surface area contributed by atoms with Crippen LogP contribution < -0.4 is 15.1 Å². The minimum Gasteiger partial charge on any atom is -0.355 e. The lowest BCUT2D eigenvalue weighted by molar-refractivity contribution is 0.631. The maximum Gasteiger partial charge on any atom is 0.160 e. The van der Waals surface area contributed by atoms with Crippen LogP contribution >= 0.6 is 31.9 Å². The van der Waals surface area contributed by atoms with Gasteiger partial charge in [-0.25, -0.2) is 19.9 Å². The number of anilines is 8. The summed E-state index contributed by atoms with van der Waals surface area (Å²) in [4.78, 5) is 25.0. The molecule has 3 aliphatic rings. The monoisotopic (exact) mass is 1400 g/mol. The fourth-order valence-corrected chi connectivity index (χ4v) is 15.6. The minimum absolute atomic E-state index is 0.0818. The molecule has 0 saturated carbocycles. The Morgan fingerprint density at radius 2 is 0.520 bits per heavy atom. The van der Waals surface area contributed by atoms with Crippen LogP contribution in [0.25, 0.3) is 67.8 Å². The van der Waals surface area contributed by atoms with Crippen molar-refractivity contribution in [3.63, 3.8) is 0 Å². The van der Waals surface area contributed by atoms with Gasteiger partial charge in [0.15, 0.2) is 11.6 Å². The molecule has 9 heteroatoms. The van der Waals surface area contributed by atoms with E-state index in [4.69, 9.17) is 19.9 Å². The van der Waals surface area contributed by atoms with Gasteiger partial charge in [-0.15, -0.1) is 0 Å². The number of para-hydroxylation sites is 6. The molecule has 3 aliphatic heterocycles. The van der Waals surface area contributed by atoms with E-state index in [-0.39, 0.29) is 16.2 Å². The first-order valence-corrected chi connectivity index (χ1v) is 34.8. The van der Waals surface area contributed by atoms with Crippen molar-refractivity contribution in [2.75, 3.05) is 15.1 Å². The molecular formula is C89H71Br2N7. The van der Waals surface area contributed by atoms with Crippen LogP contribution in [0.2, 0.25) is 0 Å². The van der Waals surface area contributed by atoms with E-state index in [1.54, 1.807) is 0 Å². The molecule has 12 aromatic carbocycles. The molecular weight excluding hydrogens is 1330 g/mol. The maximum atomic E-state index is 5.35. The van der Waals surface area contributed by atoms with Crippen LogP contribution in [0, 0.1) is 0 Å². The lowest BCUT2D eigenvalue weighted by Crippen LogP contribution is -2.31. The second-order valence-electron chi connectivity index (χ2n) is 26.6. The van der Waals surface area contributed by atoms with Crippen molar-refractivity contribution in [1.82, 2.24) is 19.9 Å².